The van der Waals surface area contributed by atoms with Gasteiger partial charge in [-0.05, 0) is 49.2 Å². The van der Waals surface area contributed by atoms with Crippen molar-refractivity contribution in [2.24, 2.45) is 0 Å². The summed E-state index contributed by atoms with van der Waals surface area (Å²) in [6, 6.07) is 17.1. The van der Waals surface area contributed by atoms with Crippen LogP contribution in [0.5, 0.6) is 5.75 Å². The minimum absolute atomic E-state index is 0.168. The van der Waals surface area contributed by atoms with E-state index in [1.54, 1.807) is 29.9 Å². The molecule has 0 aliphatic rings. The lowest BCUT2D eigenvalue weighted by atomic mass is 10.1. The summed E-state index contributed by atoms with van der Waals surface area (Å²) in [6.45, 7) is 2.24. The second kappa shape index (κ2) is 8.54. The Labute approximate surface area is 157 Å². The van der Waals surface area contributed by atoms with Crippen molar-refractivity contribution in [3.8, 4) is 11.4 Å². The summed E-state index contributed by atoms with van der Waals surface area (Å²) in [5, 5.41) is 7.58. The zero-order valence-electron chi connectivity index (χ0n) is 14.4. The average Bonchev–Trinajstić information content (AvgIpc) is 3.19. The maximum atomic E-state index is 12.2. The zero-order valence-corrected chi connectivity index (χ0v) is 15.2. The Kier molecular flexibility index (Phi) is 5.92. The molecule has 5 nitrogen and oxygen atoms in total. The van der Waals surface area contributed by atoms with Crippen LogP contribution in [0.2, 0.25) is 5.02 Å². The van der Waals surface area contributed by atoms with Crippen LogP contribution in [0.15, 0.2) is 67.0 Å². The Bertz CT molecular complexity index is 848. The second-order valence-corrected chi connectivity index (χ2v) is 6.26. The largest absolute Gasteiger partial charge is 0.479 e. The van der Waals surface area contributed by atoms with Crippen LogP contribution >= 0.6 is 11.6 Å². The quantitative estimate of drug-likeness (QED) is 0.691. The van der Waals surface area contributed by atoms with E-state index >= 15 is 0 Å². The third kappa shape index (κ3) is 4.64. The van der Waals surface area contributed by atoms with Gasteiger partial charge in [-0.1, -0.05) is 35.9 Å². The number of rotatable bonds is 7. The number of hydrogen-bond acceptors (Lipinski definition) is 3. The van der Waals surface area contributed by atoms with Gasteiger partial charge in [-0.15, -0.1) is 0 Å². The lowest BCUT2D eigenvalue weighted by molar-refractivity contribution is -0.127. The Hall–Kier alpha value is -2.79. The van der Waals surface area contributed by atoms with E-state index in [9.17, 15) is 4.79 Å². The monoisotopic (exact) mass is 369 g/mol. The predicted molar refractivity (Wildman–Crippen MR) is 102 cm³/mol. The number of halogens is 1. The van der Waals surface area contributed by atoms with Crippen LogP contribution in [-0.4, -0.2) is 28.3 Å². The average molecular weight is 370 g/mol. The number of benzene rings is 2. The van der Waals surface area contributed by atoms with Crippen molar-refractivity contribution in [2.45, 2.75) is 19.4 Å². The molecule has 3 rings (SSSR count). The van der Waals surface area contributed by atoms with Crippen LogP contribution in [0.3, 0.4) is 0 Å². The van der Waals surface area contributed by atoms with Crippen molar-refractivity contribution in [3.05, 3.63) is 77.6 Å². The highest BCUT2D eigenvalue weighted by Gasteiger charge is 2.15. The van der Waals surface area contributed by atoms with Crippen molar-refractivity contribution < 1.29 is 9.53 Å². The lowest BCUT2D eigenvalue weighted by Gasteiger charge is -2.15. The lowest BCUT2D eigenvalue weighted by Crippen LogP contribution is -2.37. The van der Waals surface area contributed by atoms with Gasteiger partial charge >= 0.3 is 0 Å². The summed E-state index contributed by atoms with van der Waals surface area (Å²) < 4.78 is 7.42. The van der Waals surface area contributed by atoms with E-state index in [0.29, 0.717) is 17.3 Å². The first-order chi connectivity index (χ1) is 12.6. The maximum absolute atomic E-state index is 12.2. The van der Waals surface area contributed by atoms with Gasteiger partial charge < -0.3 is 10.1 Å². The Morgan fingerprint density at radius 1 is 1.19 bits per heavy atom. The van der Waals surface area contributed by atoms with Crippen molar-refractivity contribution in [2.75, 3.05) is 6.54 Å². The Balaban J connectivity index is 1.46. The minimum Gasteiger partial charge on any atom is -0.479 e. The van der Waals surface area contributed by atoms with Gasteiger partial charge in [0, 0.05) is 18.9 Å². The number of nitrogens with zero attached hydrogens (tertiary/aromatic N) is 2. The molecule has 0 saturated carbocycles. The van der Waals surface area contributed by atoms with Gasteiger partial charge in [0.2, 0.25) is 0 Å². The Morgan fingerprint density at radius 2 is 1.96 bits per heavy atom. The highest BCUT2D eigenvalue weighted by atomic mass is 35.5. The number of carbonyl (C=O) groups is 1. The highest BCUT2D eigenvalue weighted by molar-refractivity contribution is 6.32. The van der Waals surface area contributed by atoms with Crippen molar-refractivity contribution in [3.63, 3.8) is 0 Å². The van der Waals surface area contributed by atoms with Crippen LogP contribution in [0.1, 0.15) is 12.5 Å². The molecule has 0 saturated heterocycles. The van der Waals surface area contributed by atoms with Gasteiger partial charge in [0.05, 0.1) is 10.7 Å². The summed E-state index contributed by atoms with van der Waals surface area (Å²) in [7, 11) is 0. The minimum atomic E-state index is -0.614. The van der Waals surface area contributed by atoms with E-state index < -0.39 is 6.10 Å². The summed E-state index contributed by atoms with van der Waals surface area (Å²) in [5.74, 6) is 0.337. The molecule has 1 atom stereocenters. The number of nitrogens with one attached hydrogen (secondary N) is 1. The molecule has 26 heavy (non-hydrogen) atoms. The molecular weight excluding hydrogens is 350 g/mol. The van der Waals surface area contributed by atoms with E-state index in [4.69, 9.17) is 16.3 Å². The molecule has 2 aromatic carbocycles. The van der Waals surface area contributed by atoms with Crippen molar-refractivity contribution >= 4 is 17.5 Å². The molecule has 0 radical (unpaired) electrons. The van der Waals surface area contributed by atoms with E-state index in [-0.39, 0.29) is 5.91 Å². The van der Waals surface area contributed by atoms with Gasteiger partial charge in [0.25, 0.3) is 5.91 Å². The first-order valence-corrected chi connectivity index (χ1v) is 8.79. The van der Waals surface area contributed by atoms with Gasteiger partial charge in [0.1, 0.15) is 5.75 Å². The highest BCUT2D eigenvalue weighted by Crippen LogP contribution is 2.24. The maximum Gasteiger partial charge on any atom is 0.260 e. The first-order valence-electron chi connectivity index (χ1n) is 8.41. The molecule has 0 aliphatic heterocycles. The summed E-state index contributed by atoms with van der Waals surface area (Å²) in [4.78, 5) is 12.2. The molecule has 1 unspecified atom stereocenters. The van der Waals surface area contributed by atoms with Gasteiger partial charge in [0.15, 0.2) is 6.10 Å². The van der Waals surface area contributed by atoms with Crippen LogP contribution in [0.4, 0.5) is 0 Å². The number of ether oxygens (including phenoxy) is 1. The van der Waals surface area contributed by atoms with Gasteiger partial charge in [-0.25, -0.2) is 4.68 Å². The molecule has 3 aromatic rings. The molecule has 6 heteroatoms. The number of para-hydroxylation sites is 1. The predicted octanol–water partition coefficient (Wildman–Crippen LogP) is 3.65. The molecule has 1 aromatic heterocycles. The van der Waals surface area contributed by atoms with Gasteiger partial charge in [-0.2, -0.15) is 5.10 Å². The van der Waals surface area contributed by atoms with E-state index in [1.165, 1.54) is 0 Å². The molecule has 1 heterocycles. The number of hydrogen-bond donors (Lipinski definition) is 1. The SMILES string of the molecule is CC(Oc1ccccc1Cl)C(=O)NCCc1ccc(-n2cccn2)cc1. The smallest absolute Gasteiger partial charge is 0.260 e. The third-order valence-electron chi connectivity index (χ3n) is 3.93. The molecule has 0 spiro atoms. The fourth-order valence-electron chi connectivity index (χ4n) is 2.49. The molecule has 0 aliphatic carbocycles. The van der Waals surface area contributed by atoms with E-state index in [1.807, 2.05) is 48.7 Å². The van der Waals surface area contributed by atoms with Crippen molar-refractivity contribution in [1.29, 1.82) is 0 Å². The zero-order chi connectivity index (χ0) is 18.4. The molecular formula is C20H20ClN3O2. The Morgan fingerprint density at radius 3 is 2.65 bits per heavy atom. The number of amides is 1. The normalized spacial score (nSPS) is 11.8. The molecule has 0 fully saturated rings. The van der Waals surface area contributed by atoms with Crippen LogP contribution < -0.4 is 10.1 Å². The number of aromatic nitrogens is 2. The second-order valence-electron chi connectivity index (χ2n) is 5.85. The van der Waals surface area contributed by atoms with Crippen LogP contribution in [-0.2, 0) is 11.2 Å². The summed E-state index contributed by atoms with van der Waals surface area (Å²) >= 11 is 6.04. The standard InChI is InChI=1S/C20H20ClN3O2/c1-15(26-19-6-3-2-5-18(19)21)20(25)22-13-11-16-7-9-17(10-8-16)24-14-4-12-23-24/h2-10,12,14-15H,11,13H2,1H3,(H,22,25). The van der Waals surface area contributed by atoms with Gasteiger partial charge in [-0.3, -0.25) is 4.79 Å². The fourth-order valence-corrected chi connectivity index (χ4v) is 2.68. The molecule has 134 valence electrons. The topological polar surface area (TPSA) is 56.1 Å². The van der Waals surface area contributed by atoms with Crippen LogP contribution in [0.25, 0.3) is 5.69 Å². The molecule has 1 amide bonds. The van der Waals surface area contributed by atoms with Crippen LogP contribution in [0, 0.1) is 0 Å². The molecule has 0 bridgehead atoms. The van der Waals surface area contributed by atoms with Crippen molar-refractivity contribution in [1.82, 2.24) is 15.1 Å². The summed E-state index contributed by atoms with van der Waals surface area (Å²) in [5.41, 5.74) is 2.14. The summed E-state index contributed by atoms with van der Waals surface area (Å²) in [6.07, 6.45) is 3.77. The first kappa shape index (κ1) is 18.0. The van der Waals surface area contributed by atoms with E-state index in [0.717, 1.165) is 17.7 Å². The van der Waals surface area contributed by atoms with E-state index in [2.05, 4.69) is 10.4 Å². The number of carbonyl (C=O) groups excluding carboxylic acids is 1. The third-order valence-corrected chi connectivity index (χ3v) is 4.24. The molecule has 1 N–H and O–H groups in total. The fraction of sp³-hybridized carbons (Fsp3) is 0.200.